The minimum absolute atomic E-state index is 0.0139. The van der Waals surface area contributed by atoms with Crippen LogP contribution < -0.4 is 0 Å². The maximum absolute atomic E-state index is 13.0. The predicted molar refractivity (Wildman–Crippen MR) is 192 cm³/mol. The molecule has 0 bridgehead atoms. The van der Waals surface area contributed by atoms with E-state index >= 15 is 0 Å². The summed E-state index contributed by atoms with van der Waals surface area (Å²) >= 11 is 0. The van der Waals surface area contributed by atoms with E-state index in [1.54, 1.807) is 5.57 Å². The predicted octanol–water partition coefficient (Wildman–Crippen LogP) is 13.5. The van der Waals surface area contributed by atoms with Crippen LogP contribution >= 0.6 is 0 Å². The minimum Gasteiger partial charge on any atom is -0.462 e. The van der Waals surface area contributed by atoms with Crippen LogP contribution in [0.5, 0.6) is 0 Å². The molecule has 0 aromatic rings. The molecule has 0 aromatic heterocycles. The molecule has 2 nitrogen and oxygen atoms in total. The third kappa shape index (κ3) is 11.5. The highest BCUT2D eigenvalue weighted by Crippen LogP contribution is 2.62. The first kappa shape index (κ1) is 42.2. The molecule has 7 atom stereocenters. The highest BCUT2D eigenvalue weighted by atomic mass is 16.5. The fraction of sp³-hybridized carbons (Fsp3) is 0.927. The van der Waals surface area contributed by atoms with Crippen molar-refractivity contribution in [1.82, 2.24) is 0 Å². The van der Waals surface area contributed by atoms with E-state index in [1.165, 1.54) is 64.2 Å². The second-order valence-electron chi connectivity index (χ2n) is 14.8. The van der Waals surface area contributed by atoms with E-state index in [0.29, 0.717) is 11.3 Å². The van der Waals surface area contributed by atoms with Crippen LogP contribution in [0.4, 0.5) is 0 Å². The topological polar surface area (TPSA) is 26.3 Å². The molecule has 0 aliphatic heterocycles. The van der Waals surface area contributed by atoms with Gasteiger partial charge in [0.15, 0.2) is 0 Å². The summed E-state index contributed by atoms with van der Waals surface area (Å²) in [6.45, 7) is 31.8. The molecular weight excluding hydrogens is 524 g/mol. The Balaban J connectivity index is 0.00000204. The zero-order valence-corrected chi connectivity index (χ0v) is 32.2. The minimum atomic E-state index is -0.382. The van der Waals surface area contributed by atoms with Gasteiger partial charge in [0.05, 0.1) is 5.41 Å². The summed E-state index contributed by atoms with van der Waals surface area (Å²) in [5.74, 6) is 6.15. The van der Waals surface area contributed by atoms with E-state index in [0.717, 1.165) is 54.8 Å². The molecule has 43 heavy (non-hydrogen) atoms. The molecule has 0 aromatic carbocycles. The second-order valence-corrected chi connectivity index (χ2v) is 14.8. The molecule has 0 heterocycles. The number of carbonyl (C=O) groups excluding carboxylic acids is 1. The third-order valence-electron chi connectivity index (χ3n) is 10.9. The van der Waals surface area contributed by atoms with E-state index in [-0.39, 0.29) is 17.5 Å². The van der Waals surface area contributed by atoms with Crippen LogP contribution in [0.15, 0.2) is 11.6 Å². The van der Waals surface area contributed by atoms with Crippen LogP contribution in [0.3, 0.4) is 0 Å². The van der Waals surface area contributed by atoms with Crippen molar-refractivity contribution in [1.29, 1.82) is 0 Å². The van der Waals surface area contributed by atoms with Crippen molar-refractivity contribution >= 4 is 5.97 Å². The largest absolute Gasteiger partial charge is 0.462 e. The third-order valence-corrected chi connectivity index (χ3v) is 10.9. The summed E-state index contributed by atoms with van der Waals surface area (Å²) in [4.78, 5) is 13.0. The van der Waals surface area contributed by atoms with Crippen LogP contribution in [0.2, 0.25) is 0 Å². The van der Waals surface area contributed by atoms with E-state index < -0.39 is 0 Å². The van der Waals surface area contributed by atoms with Gasteiger partial charge >= 0.3 is 5.97 Å². The zero-order chi connectivity index (χ0) is 33.4. The zero-order valence-electron chi connectivity index (χ0n) is 32.2. The molecule has 0 spiro atoms. The Hall–Kier alpha value is -0.790. The number of allylic oxidation sites excluding steroid dienone is 1. The summed E-state index contributed by atoms with van der Waals surface area (Å²) < 4.78 is 6.15. The van der Waals surface area contributed by atoms with Crippen molar-refractivity contribution in [3.05, 3.63) is 11.6 Å². The van der Waals surface area contributed by atoms with Crippen LogP contribution in [0.1, 0.15) is 187 Å². The molecular formula is C41H80O2. The Morgan fingerprint density at radius 1 is 0.837 bits per heavy atom. The van der Waals surface area contributed by atoms with Gasteiger partial charge in [0.25, 0.3) is 0 Å². The Bertz CT molecular complexity index is 762. The Labute approximate surface area is 272 Å². The lowest BCUT2D eigenvalue weighted by atomic mass is 9.50. The molecule has 0 N–H and O–H groups in total. The molecule has 0 amide bonds. The quantitative estimate of drug-likeness (QED) is 0.149. The van der Waals surface area contributed by atoms with Gasteiger partial charge in [-0.25, -0.2) is 0 Å². The summed E-state index contributed by atoms with van der Waals surface area (Å²) in [5.41, 5.74) is 1.60. The van der Waals surface area contributed by atoms with Crippen molar-refractivity contribution in [3.63, 3.8) is 0 Å². The van der Waals surface area contributed by atoms with Gasteiger partial charge in [-0.15, -0.1) is 0 Å². The van der Waals surface area contributed by atoms with E-state index in [4.69, 9.17) is 4.74 Å². The smallest absolute Gasteiger partial charge is 0.311 e. The number of ether oxygens (including phenoxy) is 1. The number of carbonyl (C=O) groups is 1. The Morgan fingerprint density at radius 2 is 1.44 bits per heavy atom. The van der Waals surface area contributed by atoms with Gasteiger partial charge in [0.2, 0.25) is 0 Å². The molecule has 4 rings (SSSR count). The van der Waals surface area contributed by atoms with Crippen molar-refractivity contribution in [2.75, 3.05) is 0 Å². The van der Waals surface area contributed by atoms with Crippen LogP contribution in [-0.2, 0) is 9.53 Å². The lowest BCUT2D eigenvalue weighted by Gasteiger charge is -2.55. The number of rotatable bonds is 9. The summed E-state index contributed by atoms with van der Waals surface area (Å²) in [6.07, 6.45) is 19.8. The van der Waals surface area contributed by atoms with Crippen molar-refractivity contribution in [2.24, 2.45) is 52.3 Å². The molecule has 4 aliphatic rings. The number of hydrogen-bond donors (Lipinski definition) is 0. The highest BCUT2D eigenvalue weighted by Gasteiger charge is 2.54. The van der Waals surface area contributed by atoms with Crippen molar-refractivity contribution < 1.29 is 9.53 Å². The average Bonchev–Trinajstić information content (AvgIpc) is 3.42. The second kappa shape index (κ2) is 21.1. The molecule has 4 aliphatic carbocycles. The summed E-state index contributed by atoms with van der Waals surface area (Å²) in [7, 11) is 0. The standard InChI is InChI=1S/C33H56O2.4C2H6/c1-22(2)10-8-9-11-24-12-14-28-27(24)16-17-30-29(28)15-13-25-20-26(18-19-33(25,30)7)35-31(34)32(5,6)21-23(3)4;4*1-2/h13,22-24,26-30H,8-12,14-21H2,1-7H3;4*1-2H3. The van der Waals surface area contributed by atoms with Crippen molar-refractivity contribution in [2.45, 2.75) is 193 Å². The first-order valence-corrected chi connectivity index (χ1v) is 19.4. The maximum atomic E-state index is 13.0. The molecule has 3 fully saturated rings. The normalized spacial score (nSPS) is 30.7. The molecule has 7 unspecified atom stereocenters. The number of unbranched alkanes of at least 4 members (excludes halogenated alkanes) is 1. The van der Waals surface area contributed by atoms with Crippen LogP contribution in [0, 0.1) is 52.3 Å². The lowest BCUT2D eigenvalue weighted by Crippen LogP contribution is -2.48. The molecule has 3 saturated carbocycles. The average molecular weight is 605 g/mol. The first-order valence-electron chi connectivity index (χ1n) is 19.4. The first-order chi connectivity index (χ1) is 20.5. The van der Waals surface area contributed by atoms with Crippen LogP contribution in [0.25, 0.3) is 0 Å². The van der Waals surface area contributed by atoms with Crippen LogP contribution in [-0.4, -0.2) is 12.1 Å². The van der Waals surface area contributed by atoms with Crippen molar-refractivity contribution in [3.8, 4) is 0 Å². The fourth-order valence-electron chi connectivity index (χ4n) is 9.23. The van der Waals surface area contributed by atoms with E-state index in [9.17, 15) is 4.79 Å². The lowest BCUT2D eigenvalue weighted by molar-refractivity contribution is -0.162. The van der Waals surface area contributed by atoms with Gasteiger partial charge in [-0.05, 0) is 112 Å². The molecule has 0 saturated heterocycles. The Kier molecular flexibility index (Phi) is 20.7. The SMILES string of the molecule is CC.CC.CC.CC.CC(C)CCCCC1CCC2C1CCC1C2CC=C2CC(OC(=O)C(C)(C)CC(C)C)CCC21C. The van der Waals surface area contributed by atoms with E-state index in [1.807, 2.05) is 55.4 Å². The van der Waals surface area contributed by atoms with E-state index in [2.05, 4.69) is 54.5 Å². The van der Waals surface area contributed by atoms with Gasteiger partial charge in [0.1, 0.15) is 6.10 Å². The number of fused-ring (bicyclic) bond motifs is 5. The monoisotopic (exact) mass is 605 g/mol. The van der Waals surface area contributed by atoms with Gasteiger partial charge in [-0.3, -0.25) is 4.79 Å². The fourth-order valence-corrected chi connectivity index (χ4v) is 9.23. The number of hydrogen-bond acceptors (Lipinski definition) is 2. The van der Waals surface area contributed by atoms with Gasteiger partial charge in [-0.1, -0.05) is 127 Å². The molecule has 256 valence electrons. The Morgan fingerprint density at radius 3 is 2.02 bits per heavy atom. The van der Waals surface area contributed by atoms with Gasteiger partial charge < -0.3 is 4.74 Å². The summed E-state index contributed by atoms with van der Waals surface area (Å²) in [5, 5.41) is 0. The number of esters is 1. The highest BCUT2D eigenvalue weighted by molar-refractivity contribution is 5.76. The van der Waals surface area contributed by atoms with Gasteiger partial charge in [-0.2, -0.15) is 0 Å². The van der Waals surface area contributed by atoms with Gasteiger partial charge in [0, 0.05) is 6.42 Å². The molecule has 2 heteroatoms. The maximum Gasteiger partial charge on any atom is 0.311 e. The molecule has 0 radical (unpaired) electrons. The summed E-state index contributed by atoms with van der Waals surface area (Å²) in [6, 6.07) is 0.